The van der Waals surface area contributed by atoms with Gasteiger partial charge < -0.3 is 9.84 Å². The Labute approximate surface area is 117 Å². The quantitative estimate of drug-likeness (QED) is 0.434. The van der Waals surface area contributed by atoms with E-state index in [1.807, 2.05) is 0 Å². The molecule has 0 saturated heterocycles. The molecule has 0 aliphatic heterocycles. The van der Waals surface area contributed by atoms with Crippen molar-refractivity contribution in [3.63, 3.8) is 0 Å². The van der Waals surface area contributed by atoms with Crippen LogP contribution in [0.3, 0.4) is 0 Å². The Bertz CT molecular complexity index is 240. The van der Waals surface area contributed by atoms with Crippen LogP contribution in [-0.2, 0) is 9.53 Å². The monoisotopic (exact) mass is 270 g/mol. The number of unbranched alkanes of at least 4 members (excludes halogenated alkanes) is 5. The number of hydrogen-bond acceptors (Lipinski definition) is 3. The van der Waals surface area contributed by atoms with Crippen LogP contribution in [0.1, 0.15) is 70.6 Å². The van der Waals surface area contributed by atoms with Crippen LogP contribution in [0.25, 0.3) is 0 Å². The van der Waals surface area contributed by atoms with E-state index in [1.54, 1.807) is 0 Å². The Balaban J connectivity index is 1.79. The molecule has 2 atom stereocenters. The number of rotatable bonds is 12. The molecule has 0 radical (unpaired) electrons. The van der Waals surface area contributed by atoms with E-state index >= 15 is 0 Å². The Morgan fingerprint density at radius 1 is 1.00 bits per heavy atom. The molecule has 3 nitrogen and oxygen atoms in total. The van der Waals surface area contributed by atoms with E-state index in [0.29, 0.717) is 13.0 Å². The second kappa shape index (κ2) is 10.2. The summed E-state index contributed by atoms with van der Waals surface area (Å²) in [6, 6.07) is 0. The molecule has 1 N–H and O–H groups in total. The SMILES string of the molecule is COC(=O)CCCCCCCC1CC1CCCCO. The van der Waals surface area contributed by atoms with Gasteiger partial charge in [-0.3, -0.25) is 4.79 Å². The zero-order valence-corrected chi connectivity index (χ0v) is 12.4. The molecule has 1 aliphatic rings. The van der Waals surface area contributed by atoms with Gasteiger partial charge in [0.1, 0.15) is 0 Å². The van der Waals surface area contributed by atoms with E-state index in [0.717, 1.165) is 31.1 Å². The number of aliphatic hydroxyl groups is 1. The first-order chi connectivity index (χ1) is 9.27. The van der Waals surface area contributed by atoms with Crippen LogP contribution in [0.5, 0.6) is 0 Å². The molecule has 1 aliphatic carbocycles. The molecule has 1 rings (SSSR count). The molecule has 112 valence electrons. The summed E-state index contributed by atoms with van der Waals surface area (Å²) in [5, 5.41) is 8.73. The summed E-state index contributed by atoms with van der Waals surface area (Å²) in [4.78, 5) is 10.9. The average Bonchev–Trinajstić information content (AvgIpc) is 3.16. The minimum absolute atomic E-state index is 0.0799. The van der Waals surface area contributed by atoms with Gasteiger partial charge in [-0.25, -0.2) is 0 Å². The highest BCUT2D eigenvalue weighted by Gasteiger charge is 2.34. The summed E-state index contributed by atoms with van der Waals surface area (Å²) in [6.45, 7) is 0.350. The minimum Gasteiger partial charge on any atom is -0.469 e. The Morgan fingerprint density at radius 3 is 2.21 bits per heavy atom. The normalized spacial score (nSPS) is 21.4. The van der Waals surface area contributed by atoms with Gasteiger partial charge in [-0.2, -0.15) is 0 Å². The van der Waals surface area contributed by atoms with E-state index in [4.69, 9.17) is 5.11 Å². The third-order valence-electron chi connectivity index (χ3n) is 4.24. The van der Waals surface area contributed by atoms with Gasteiger partial charge >= 0.3 is 5.97 Å². The molecule has 0 bridgehead atoms. The van der Waals surface area contributed by atoms with Crippen LogP contribution in [0, 0.1) is 11.8 Å². The fourth-order valence-corrected chi connectivity index (χ4v) is 2.84. The zero-order chi connectivity index (χ0) is 13.9. The predicted octanol–water partition coefficient (Wildman–Crippen LogP) is 3.69. The summed E-state index contributed by atoms with van der Waals surface area (Å²) < 4.78 is 4.62. The van der Waals surface area contributed by atoms with Gasteiger partial charge in [0.25, 0.3) is 0 Å². The Kier molecular flexibility index (Phi) is 8.89. The van der Waals surface area contributed by atoms with Gasteiger partial charge in [0.15, 0.2) is 0 Å². The number of carbonyl (C=O) groups excluding carboxylic acids is 1. The average molecular weight is 270 g/mol. The van der Waals surface area contributed by atoms with Gasteiger partial charge in [-0.05, 0) is 31.1 Å². The molecule has 19 heavy (non-hydrogen) atoms. The first-order valence-corrected chi connectivity index (χ1v) is 7.95. The van der Waals surface area contributed by atoms with Crippen LogP contribution >= 0.6 is 0 Å². The number of esters is 1. The van der Waals surface area contributed by atoms with Crippen molar-refractivity contribution < 1.29 is 14.6 Å². The highest BCUT2D eigenvalue weighted by molar-refractivity contribution is 5.68. The van der Waals surface area contributed by atoms with Gasteiger partial charge in [-0.1, -0.05) is 44.9 Å². The molecule has 3 heteroatoms. The first-order valence-electron chi connectivity index (χ1n) is 7.95. The van der Waals surface area contributed by atoms with E-state index in [2.05, 4.69) is 4.74 Å². The number of hydrogen-bond donors (Lipinski definition) is 1. The molecule has 0 aromatic heterocycles. The van der Waals surface area contributed by atoms with Crippen LogP contribution in [0.2, 0.25) is 0 Å². The van der Waals surface area contributed by atoms with Crippen molar-refractivity contribution in [2.75, 3.05) is 13.7 Å². The maximum atomic E-state index is 10.9. The molecule has 2 unspecified atom stereocenters. The fourth-order valence-electron chi connectivity index (χ4n) is 2.84. The highest BCUT2D eigenvalue weighted by Crippen LogP contribution is 2.45. The third kappa shape index (κ3) is 8.25. The van der Waals surface area contributed by atoms with Crippen molar-refractivity contribution >= 4 is 5.97 Å². The predicted molar refractivity (Wildman–Crippen MR) is 76.9 cm³/mol. The molecule has 0 amide bonds. The molecule has 0 aromatic rings. The van der Waals surface area contributed by atoms with Crippen molar-refractivity contribution in [3.8, 4) is 0 Å². The molecule has 0 heterocycles. The highest BCUT2D eigenvalue weighted by atomic mass is 16.5. The molecule has 1 fully saturated rings. The maximum absolute atomic E-state index is 10.9. The van der Waals surface area contributed by atoms with Gasteiger partial charge in [0.2, 0.25) is 0 Å². The number of methoxy groups -OCH3 is 1. The van der Waals surface area contributed by atoms with E-state index in [9.17, 15) is 4.79 Å². The molecular weight excluding hydrogens is 240 g/mol. The van der Waals surface area contributed by atoms with Crippen LogP contribution in [0.4, 0.5) is 0 Å². The van der Waals surface area contributed by atoms with Crippen molar-refractivity contribution in [3.05, 3.63) is 0 Å². The maximum Gasteiger partial charge on any atom is 0.305 e. The molecule has 0 aromatic carbocycles. The molecule has 1 saturated carbocycles. The summed E-state index contributed by atoms with van der Waals surface area (Å²) >= 11 is 0. The summed E-state index contributed by atoms with van der Waals surface area (Å²) in [6.07, 6.45) is 12.9. The van der Waals surface area contributed by atoms with Gasteiger partial charge in [0.05, 0.1) is 7.11 Å². The van der Waals surface area contributed by atoms with Crippen molar-refractivity contribution in [1.29, 1.82) is 0 Å². The lowest BCUT2D eigenvalue weighted by Gasteiger charge is -2.02. The molecular formula is C16H30O3. The van der Waals surface area contributed by atoms with Crippen LogP contribution in [0.15, 0.2) is 0 Å². The summed E-state index contributed by atoms with van der Waals surface area (Å²) in [5.41, 5.74) is 0. The Hall–Kier alpha value is -0.570. The standard InChI is InChI=1S/C16H30O3/c1-19-16(18)11-6-4-2-3-5-9-14-13-15(14)10-7-8-12-17/h14-15,17H,2-13H2,1H3. The van der Waals surface area contributed by atoms with Crippen molar-refractivity contribution in [2.24, 2.45) is 11.8 Å². The fraction of sp³-hybridized carbons (Fsp3) is 0.938. The number of carbonyl (C=O) groups is 1. The van der Waals surface area contributed by atoms with Gasteiger partial charge in [0, 0.05) is 13.0 Å². The largest absolute Gasteiger partial charge is 0.469 e. The number of ether oxygens (including phenoxy) is 1. The van der Waals surface area contributed by atoms with E-state index < -0.39 is 0 Å². The third-order valence-corrected chi connectivity index (χ3v) is 4.24. The lowest BCUT2D eigenvalue weighted by molar-refractivity contribution is -0.140. The van der Waals surface area contributed by atoms with Crippen LogP contribution in [-0.4, -0.2) is 24.8 Å². The second-order valence-corrected chi connectivity index (χ2v) is 5.86. The Morgan fingerprint density at radius 2 is 1.58 bits per heavy atom. The van der Waals surface area contributed by atoms with Crippen LogP contribution < -0.4 is 0 Å². The van der Waals surface area contributed by atoms with Gasteiger partial charge in [-0.15, -0.1) is 0 Å². The van der Waals surface area contributed by atoms with Crippen molar-refractivity contribution in [2.45, 2.75) is 70.6 Å². The zero-order valence-electron chi connectivity index (χ0n) is 12.4. The smallest absolute Gasteiger partial charge is 0.305 e. The van der Waals surface area contributed by atoms with Crippen molar-refractivity contribution in [1.82, 2.24) is 0 Å². The lowest BCUT2D eigenvalue weighted by Crippen LogP contribution is -1.99. The second-order valence-electron chi connectivity index (χ2n) is 5.86. The minimum atomic E-state index is -0.0799. The number of aliphatic hydroxyl groups excluding tert-OH is 1. The topological polar surface area (TPSA) is 46.5 Å². The first kappa shape index (κ1) is 16.5. The van der Waals surface area contributed by atoms with E-state index in [1.165, 1.54) is 52.1 Å². The summed E-state index contributed by atoms with van der Waals surface area (Å²) in [7, 11) is 1.45. The molecule has 0 spiro atoms. The van der Waals surface area contributed by atoms with E-state index in [-0.39, 0.29) is 5.97 Å². The summed E-state index contributed by atoms with van der Waals surface area (Å²) in [5.74, 6) is 1.86. The lowest BCUT2D eigenvalue weighted by atomic mass is 10.1.